The summed E-state index contributed by atoms with van der Waals surface area (Å²) in [5.41, 5.74) is 3.24. The van der Waals surface area contributed by atoms with Gasteiger partial charge in [-0.1, -0.05) is 43.7 Å². The fourth-order valence-electron chi connectivity index (χ4n) is 4.88. The lowest BCUT2D eigenvalue weighted by Gasteiger charge is -2.37. The van der Waals surface area contributed by atoms with Crippen molar-refractivity contribution in [3.63, 3.8) is 0 Å². The summed E-state index contributed by atoms with van der Waals surface area (Å²) in [6.45, 7) is 5.93. The summed E-state index contributed by atoms with van der Waals surface area (Å²) in [7, 11) is 1.31. The maximum Gasteiger partial charge on any atom is 0.407 e. The number of rotatable bonds is 5. The molecule has 4 rings (SSSR count). The van der Waals surface area contributed by atoms with Gasteiger partial charge in [0.1, 0.15) is 11.9 Å². The highest BCUT2D eigenvalue weighted by atomic mass is 16.5. The van der Waals surface area contributed by atoms with Crippen molar-refractivity contribution in [3.8, 4) is 11.3 Å². The van der Waals surface area contributed by atoms with Crippen molar-refractivity contribution in [1.29, 1.82) is 0 Å². The molecule has 1 saturated carbocycles. The summed E-state index contributed by atoms with van der Waals surface area (Å²) in [6.07, 6.45) is 4.35. The zero-order valence-electron chi connectivity index (χ0n) is 18.0. The Kier molecular flexibility index (Phi) is 5.54. The lowest BCUT2D eigenvalue weighted by molar-refractivity contribution is -0.139. The van der Waals surface area contributed by atoms with E-state index in [0.29, 0.717) is 5.92 Å². The van der Waals surface area contributed by atoms with E-state index in [2.05, 4.69) is 46.5 Å². The molecule has 2 fully saturated rings. The van der Waals surface area contributed by atoms with Crippen molar-refractivity contribution in [2.45, 2.75) is 58.2 Å². The van der Waals surface area contributed by atoms with Gasteiger partial charge in [0.05, 0.1) is 25.0 Å². The third-order valence-electron chi connectivity index (χ3n) is 6.47. The van der Waals surface area contributed by atoms with E-state index in [-0.39, 0.29) is 23.9 Å². The number of piperidine rings is 1. The molecule has 2 aliphatic rings. The minimum absolute atomic E-state index is 0.0453. The van der Waals surface area contributed by atoms with Crippen LogP contribution < -0.4 is 5.32 Å². The third-order valence-corrected chi connectivity index (χ3v) is 6.47. The normalized spacial score (nSPS) is 23.6. The molecule has 1 saturated heterocycles. The van der Waals surface area contributed by atoms with Crippen LogP contribution in [0.15, 0.2) is 30.5 Å². The van der Waals surface area contributed by atoms with Crippen LogP contribution >= 0.6 is 0 Å². The van der Waals surface area contributed by atoms with Crippen LogP contribution in [-0.4, -0.2) is 46.1 Å². The minimum Gasteiger partial charge on any atom is -0.453 e. The fourth-order valence-corrected chi connectivity index (χ4v) is 4.88. The Balaban J connectivity index is 1.61. The first-order valence-electron chi connectivity index (χ1n) is 10.7. The van der Waals surface area contributed by atoms with Gasteiger partial charge < -0.3 is 19.9 Å². The molecule has 4 atom stereocenters. The lowest BCUT2D eigenvalue weighted by Crippen LogP contribution is -2.54. The maximum atomic E-state index is 13.5. The van der Waals surface area contributed by atoms with Gasteiger partial charge in [-0.2, -0.15) is 0 Å². The van der Waals surface area contributed by atoms with Crippen LogP contribution in [0, 0.1) is 18.8 Å². The number of carbonyl (C=O) groups is 2. The van der Waals surface area contributed by atoms with Gasteiger partial charge in [-0.3, -0.25) is 4.79 Å². The van der Waals surface area contributed by atoms with E-state index in [4.69, 9.17) is 4.74 Å². The summed E-state index contributed by atoms with van der Waals surface area (Å²) in [4.78, 5) is 35.5. The number of nitrogens with zero attached hydrogens (tertiary/aromatic N) is 2. The predicted molar refractivity (Wildman–Crippen MR) is 114 cm³/mol. The van der Waals surface area contributed by atoms with Crippen molar-refractivity contribution in [1.82, 2.24) is 20.2 Å². The molecule has 1 aliphatic heterocycles. The fraction of sp³-hybridized carbons (Fsp3) is 0.522. The number of carbonyl (C=O) groups excluding carboxylic acids is 2. The van der Waals surface area contributed by atoms with Gasteiger partial charge in [0.2, 0.25) is 5.91 Å². The average Bonchev–Trinajstić information content (AvgIpc) is 3.47. The van der Waals surface area contributed by atoms with Crippen molar-refractivity contribution in [2.75, 3.05) is 7.11 Å². The van der Waals surface area contributed by atoms with E-state index >= 15 is 0 Å². The molecule has 2 amide bonds. The second kappa shape index (κ2) is 8.13. The molecule has 1 aromatic heterocycles. The van der Waals surface area contributed by atoms with Crippen LogP contribution in [0.5, 0.6) is 0 Å². The minimum atomic E-state index is -0.620. The monoisotopic (exact) mass is 410 g/mol. The van der Waals surface area contributed by atoms with Gasteiger partial charge in [-0.15, -0.1) is 0 Å². The van der Waals surface area contributed by atoms with Crippen LogP contribution in [0.4, 0.5) is 4.79 Å². The molecule has 7 nitrogen and oxygen atoms in total. The quantitative estimate of drug-likeness (QED) is 0.784. The highest BCUT2D eigenvalue weighted by Crippen LogP contribution is 2.50. The number of alkyl carbamates (subject to hydrolysis) is 1. The topological polar surface area (TPSA) is 87.3 Å². The highest BCUT2D eigenvalue weighted by Gasteiger charge is 2.51. The zero-order valence-corrected chi connectivity index (χ0v) is 18.0. The maximum absolute atomic E-state index is 13.5. The SMILES string of the molecule is COC(=O)NC(C(=O)N1C2CCC(C2)C1c1ncc(-c2ccc(C)cc2)[nH]1)C(C)C. The standard InChI is InChI=1S/C23H30N4O3/c1-13(2)19(26-23(29)30-4)22(28)27-17-10-9-16(11-17)20(27)21-24-12-18(25-21)15-7-5-14(3)6-8-15/h5-8,12-13,16-17,19-20H,9-11H2,1-4H3,(H,24,25)(H,26,29). The molecule has 2 N–H and O–H groups in total. The largest absolute Gasteiger partial charge is 0.453 e. The van der Waals surface area contributed by atoms with Crippen molar-refractivity contribution >= 4 is 12.0 Å². The Morgan fingerprint density at radius 1 is 1.23 bits per heavy atom. The number of imidazole rings is 1. The number of benzene rings is 1. The van der Waals surface area contributed by atoms with Gasteiger partial charge >= 0.3 is 6.09 Å². The molecule has 160 valence electrons. The lowest BCUT2D eigenvalue weighted by atomic mass is 9.95. The number of hydrogen-bond donors (Lipinski definition) is 2. The number of likely N-dealkylation sites (tertiary alicyclic amines) is 1. The first kappa shape index (κ1) is 20.4. The molecule has 1 aliphatic carbocycles. The summed E-state index contributed by atoms with van der Waals surface area (Å²) >= 11 is 0. The van der Waals surface area contributed by atoms with E-state index in [1.165, 1.54) is 12.7 Å². The van der Waals surface area contributed by atoms with E-state index < -0.39 is 12.1 Å². The summed E-state index contributed by atoms with van der Waals surface area (Å²) < 4.78 is 4.74. The molecule has 30 heavy (non-hydrogen) atoms. The second-order valence-corrected chi connectivity index (χ2v) is 8.82. The first-order chi connectivity index (χ1) is 14.4. The smallest absolute Gasteiger partial charge is 0.407 e. The summed E-state index contributed by atoms with van der Waals surface area (Å²) in [6, 6.07) is 7.80. The number of fused-ring (bicyclic) bond motifs is 2. The van der Waals surface area contributed by atoms with E-state index in [1.54, 1.807) is 0 Å². The molecule has 7 heteroatoms. The van der Waals surface area contributed by atoms with E-state index in [0.717, 1.165) is 36.3 Å². The number of aromatic nitrogens is 2. The van der Waals surface area contributed by atoms with Gasteiger partial charge in [0, 0.05) is 6.04 Å². The van der Waals surface area contributed by atoms with Crippen LogP contribution in [0.25, 0.3) is 11.3 Å². The Morgan fingerprint density at radius 2 is 1.97 bits per heavy atom. The van der Waals surface area contributed by atoms with E-state index in [9.17, 15) is 9.59 Å². The molecular formula is C23H30N4O3. The number of hydrogen-bond acceptors (Lipinski definition) is 4. The second-order valence-electron chi connectivity index (χ2n) is 8.82. The summed E-state index contributed by atoms with van der Waals surface area (Å²) in [5, 5.41) is 2.73. The Morgan fingerprint density at radius 3 is 2.63 bits per heavy atom. The molecule has 0 radical (unpaired) electrons. The summed E-state index contributed by atoms with van der Waals surface area (Å²) in [5.74, 6) is 1.12. The van der Waals surface area contributed by atoms with Crippen LogP contribution in [0.2, 0.25) is 0 Å². The number of amides is 2. The van der Waals surface area contributed by atoms with Gasteiger partial charge in [0.25, 0.3) is 0 Å². The average molecular weight is 411 g/mol. The van der Waals surface area contributed by atoms with E-state index in [1.807, 2.05) is 24.9 Å². The van der Waals surface area contributed by atoms with Gasteiger partial charge in [0.15, 0.2) is 0 Å². The Labute approximate surface area is 177 Å². The molecule has 4 unspecified atom stereocenters. The molecular weight excluding hydrogens is 380 g/mol. The Hall–Kier alpha value is -2.83. The van der Waals surface area contributed by atoms with Crippen molar-refractivity contribution in [2.24, 2.45) is 11.8 Å². The number of nitrogens with one attached hydrogen (secondary N) is 2. The van der Waals surface area contributed by atoms with Crippen molar-refractivity contribution < 1.29 is 14.3 Å². The van der Waals surface area contributed by atoms with Crippen molar-refractivity contribution in [3.05, 3.63) is 41.9 Å². The number of ether oxygens (including phenoxy) is 1. The first-order valence-corrected chi connectivity index (χ1v) is 10.7. The number of aryl methyl sites for hydroxylation is 1. The predicted octanol–water partition coefficient (Wildman–Crippen LogP) is 3.82. The number of H-pyrrole nitrogens is 1. The number of methoxy groups -OCH3 is 1. The molecule has 2 aromatic rings. The van der Waals surface area contributed by atoms with Gasteiger partial charge in [-0.25, -0.2) is 9.78 Å². The zero-order chi connectivity index (χ0) is 21.4. The number of aromatic amines is 1. The van der Waals surface area contributed by atoms with Crippen LogP contribution in [-0.2, 0) is 9.53 Å². The van der Waals surface area contributed by atoms with Gasteiger partial charge in [-0.05, 0) is 43.6 Å². The van der Waals surface area contributed by atoms with Crippen LogP contribution in [0.1, 0.15) is 50.5 Å². The third kappa shape index (κ3) is 3.68. The molecule has 2 heterocycles. The highest BCUT2D eigenvalue weighted by molar-refractivity contribution is 5.87. The molecule has 0 spiro atoms. The molecule has 2 bridgehead atoms. The molecule has 1 aromatic carbocycles. The van der Waals surface area contributed by atoms with Crippen LogP contribution in [0.3, 0.4) is 0 Å². The Bertz CT molecular complexity index is 921.